The number of piperidine rings is 1. The van der Waals surface area contributed by atoms with Gasteiger partial charge in [-0.1, -0.05) is 11.6 Å². The monoisotopic (exact) mass is 351 g/mol. The fourth-order valence-electron chi connectivity index (χ4n) is 4.22. The Labute approximate surface area is 145 Å². The van der Waals surface area contributed by atoms with Crippen LogP contribution in [0, 0.1) is 6.92 Å². The predicted molar refractivity (Wildman–Crippen MR) is 93.2 cm³/mol. The van der Waals surface area contributed by atoms with Crippen LogP contribution in [0.3, 0.4) is 0 Å². The molecule has 4 heterocycles. The summed E-state index contributed by atoms with van der Waals surface area (Å²) in [5, 5.41) is 8.24. The fourth-order valence-corrected chi connectivity index (χ4v) is 5.68. The van der Waals surface area contributed by atoms with Crippen molar-refractivity contribution in [2.24, 2.45) is 7.05 Å². The van der Waals surface area contributed by atoms with Gasteiger partial charge in [0.25, 0.3) is 0 Å². The van der Waals surface area contributed by atoms with Gasteiger partial charge in [0.2, 0.25) is 0 Å². The molecule has 1 fully saturated rings. The molecule has 0 unspecified atom stereocenters. The van der Waals surface area contributed by atoms with E-state index in [0.29, 0.717) is 6.04 Å². The van der Waals surface area contributed by atoms with E-state index in [-0.39, 0.29) is 11.6 Å². The van der Waals surface area contributed by atoms with Crippen LogP contribution in [0.25, 0.3) is 0 Å². The molecule has 1 spiro atoms. The molecule has 1 N–H and O–H groups in total. The van der Waals surface area contributed by atoms with Gasteiger partial charge in [0, 0.05) is 42.2 Å². The third kappa shape index (κ3) is 2.64. The number of aryl methyl sites for hydroxylation is 2. The maximum atomic E-state index is 6.40. The summed E-state index contributed by atoms with van der Waals surface area (Å²) < 4.78 is 9.17. The van der Waals surface area contributed by atoms with Crippen molar-refractivity contribution in [1.29, 1.82) is 0 Å². The summed E-state index contributed by atoms with van der Waals surface area (Å²) in [5.41, 5.74) is 3.54. The number of rotatable bonds is 1. The molecule has 0 amide bonds. The van der Waals surface area contributed by atoms with Crippen molar-refractivity contribution in [2.75, 3.05) is 6.61 Å². The molecule has 2 aliphatic heterocycles. The van der Waals surface area contributed by atoms with Gasteiger partial charge in [-0.25, -0.2) is 0 Å². The Kier molecular flexibility index (Phi) is 3.80. The lowest BCUT2D eigenvalue weighted by molar-refractivity contribution is -0.0954. The number of hydrogen-bond acceptors (Lipinski definition) is 4. The standard InChI is InChI=1S/C17H22ClN3OS/c1-10-7-17(16-12(4-5-22-17)6-15(18)23-16)8-14(19-10)13-9-21(3)20-11(13)2/h6,9-10,14,19H,4-5,7-8H2,1-3H3/t10-,14-,17-/m0/s1. The van der Waals surface area contributed by atoms with Gasteiger partial charge in [0.1, 0.15) is 5.60 Å². The second kappa shape index (κ2) is 5.59. The van der Waals surface area contributed by atoms with Crippen LogP contribution in [0.4, 0.5) is 0 Å². The number of aromatic nitrogens is 2. The van der Waals surface area contributed by atoms with Crippen molar-refractivity contribution in [1.82, 2.24) is 15.1 Å². The van der Waals surface area contributed by atoms with Crippen molar-refractivity contribution in [2.45, 2.75) is 50.8 Å². The summed E-state index contributed by atoms with van der Waals surface area (Å²) in [4.78, 5) is 1.34. The third-order valence-electron chi connectivity index (χ3n) is 5.02. The fraction of sp³-hybridized carbons (Fsp3) is 0.588. The molecule has 2 aliphatic rings. The lowest BCUT2D eigenvalue weighted by Gasteiger charge is -2.46. The number of nitrogens with one attached hydrogen (secondary N) is 1. The van der Waals surface area contributed by atoms with Crippen molar-refractivity contribution in [3.8, 4) is 0 Å². The lowest BCUT2D eigenvalue weighted by atomic mass is 9.78. The molecule has 0 aromatic carbocycles. The second-order valence-corrected chi connectivity index (χ2v) is 8.55. The highest BCUT2D eigenvalue weighted by molar-refractivity contribution is 7.16. The average Bonchev–Trinajstić information content (AvgIpc) is 3.01. The molecule has 3 atom stereocenters. The summed E-state index contributed by atoms with van der Waals surface area (Å²) in [6, 6.07) is 2.78. The molecule has 4 nitrogen and oxygen atoms in total. The maximum Gasteiger partial charge on any atom is 0.106 e. The van der Waals surface area contributed by atoms with E-state index in [1.54, 1.807) is 11.3 Å². The second-order valence-electron chi connectivity index (χ2n) is 6.87. The molecular formula is C17H22ClN3OS. The van der Waals surface area contributed by atoms with Crippen molar-refractivity contribution >= 4 is 22.9 Å². The zero-order chi connectivity index (χ0) is 16.2. The summed E-state index contributed by atoms with van der Waals surface area (Å²) in [7, 11) is 1.98. The van der Waals surface area contributed by atoms with E-state index < -0.39 is 0 Å². The molecule has 2 aromatic rings. The first kappa shape index (κ1) is 15.6. The van der Waals surface area contributed by atoms with Gasteiger partial charge in [-0.3, -0.25) is 4.68 Å². The number of fused-ring (bicyclic) bond motifs is 2. The van der Waals surface area contributed by atoms with Crippen LogP contribution in [0.15, 0.2) is 12.3 Å². The molecule has 124 valence electrons. The quantitative estimate of drug-likeness (QED) is 0.851. The van der Waals surface area contributed by atoms with Crippen LogP contribution in [0.2, 0.25) is 4.34 Å². The molecule has 2 aromatic heterocycles. The van der Waals surface area contributed by atoms with Gasteiger partial charge in [-0.2, -0.15) is 5.10 Å². The first-order valence-corrected chi connectivity index (χ1v) is 9.35. The smallest absolute Gasteiger partial charge is 0.106 e. The van der Waals surface area contributed by atoms with Crippen LogP contribution in [-0.2, 0) is 23.8 Å². The molecular weight excluding hydrogens is 330 g/mol. The lowest BCUT2D eigenvalue weighted by Crippen LogP contribution is -2.49. The third-order valence-corrected chi connectivity index (χ3v) is 6.52. The predicted octanol–water partition coefficient (Wildman–Crippen LogP) is 3.72. The summed E-state index contributed by atoms with van der Waals surface area (Å²) >= 11 is 8.00. The summed E-state index contributed by atoms with van der Waals surface area (Å²) in [6.45, 7) is 5.11. The Balaban J connectivity index is 1.74. The Morgan fingerprint density at radius 2 is 2.30 bits per heavy atom. The highest BCUT2D eigenvalue weighted by atomic mass is 35.5. The zero-order valence-corrected chi connectivity index (χ0v) is 15.3. The Hall–Kier alpha value is -0.880. The minimum absolute atomic E-state index is 0.205. The molecule has 6 heteroatoms. The van der Waals surface area contributed by atoms with Gasteiger partial charge < -0.3 is 10.1 Å². The van der Waals surface area contributed by atoms with Crippen molar-refractivity contribution in [3.05, 3.63) is 38.3 Å². The molecule has 0 saturated carbocycles. The van der Waals surface area contributed by atoms with Crippen LogP contribution in [0.5, 0.6) is 0 Å². The minimum atomic E-state index is -0.205. The zero-order valence-electron chi connectivity index (χ0n) is 13.7. The SMILES string of the molecule is Cc1nn(C)cc1[C@@H]1C[C@]2(C[C@H](C)N1)OCCc1cc(Cl)sc12. The summed E-state index contributed by atoms with van der Waals surface area (Å²) in [5.74, 6) is 0. The van der Waals surface area contributed by atoms with Gasteiger partial charge >= 0.3 is 0 Å². The van der Waals surface area contributed by atoms with E-state index in [1.807, 2.05) is 11.7 Å². The normalized spacial score (nSPS) is 30.6. The average molecular weight is 352 g/mol. The molecule has 1 saturated heterocycles. The minimum Gasteiger partial charge on any atom is -0.369 e. The maximum absolute atomic E-state index is 6.40. The Morgan fingerprint density at radius 1 is 1.48 bits per heavy atom. The van der Waals surface area contributed by atoms with Crippen LogP contribution in [-0.4, -0.2) is 22.4 Å². The first-order chi connectivity index (χ1) is 11.0. The molecule has 0 radical (unpaired) electrons. The van der Waals surface area contributed by atoms with Gasteiger partial charge in [-0.15, -0.1) is 11.3 Å². The molecule has 0 aliphatic carbocycles. The van der Waals surface area contributed by atoms with Crippen LogP contribution in [0.1, 0.15) is 47.5 Å². The van der Waals surface area contributed by atoms with Crippen molar-refractivity contribution in [3.63, 3.8) is 0 Å². The van der Waals surface area contributed by atoms with Crippen molar-refractivity contribution < 1.29 is 4.74 Å². The number of ether oxygens (including phenoxy) is 1. The number of thiophene rings is 1. The summed E-state index contributed by atoms with van der Waals surface area (Å²) in [6.07, 6.45) is 5.03. The Bertz CT molecular complexity index is 740. The van der Waals surface area contributed by atoms with E-state index >= 15 is 0 Å². The number of halogens is 1. The Morgan fingerprint density at radius 3 is 3.04 bits per heavy atom. The van der Waals surface area contributed by atoms with E-state index in [2.05, 4.69) is 36.5 Å². The molecule has 4 rings (SSSR count). The van der Waals surface area contributed by atoms with Gasteiger partial charge in [-0.05, 0) is 38.3 Å². The molecule has 0 bridgehead atoms. The number of nitrogens with zero attached hydrogens (tertiary/aromatic N) is 2. The van der Waals surface area contributed by atoms with E-state index in [1.165, 1.54) is 16.0 Å². The van der Waals surface area contributed by atoms with E-state index in [9.17, 15) is 0 Å². The van der Waals surface area contributed by atoms with E-state index in [4.69, 9.17) is 16.3 Å². The largest absolute Gasteiger partial charge is 0.369 e. The first-order valence-electron chi connectivity index (χ1n) is 8.16. The van der Waals surface area contributed by atoms with Crippen LogP contribution < -0.4 is 5.32 Å². The van der Waals surface area contributed by atoms with Gasteiger partial charge in [0.05, 0.1) is 16.6 Å². The number of hydrogen-bond donors (Lipinski definition) is 1. The molecule has 23 heavy (non-hydrogen) atoms. The highest BCUT2D eigenvalue weighted by Gasteiger charge is 2.46. The highest BCUT2D eigenvalue weighted by Crippen LogP contribution is 2.50. The van der Waals surface area contributed by atoms with E-state index in [0.717, 1.165) is 35.9 Å². The van der Waals surface area contributed by atoms with Crippen LogP contribution >= 0.6 is 22.9 Å². The van der Waals surface area contributed by atoms with Gasteiger partial charge in [0.15, 0.2) is 0 Å². The topological polar surface area (TPSA) is 39.1 Å².